The fourth-order valence-corrected chi connectivity index (χ4v) is 2.36. The van der Waals surface area contributed by atoms with Gasteiger partial charge in [-0.1, -0.05) is 12.1 Å². The molecular formula is C13H17N. The Morgan fingerprint density at radius 2 is 1.93 bits per heavy atom. The van der Waals surface area contributed by atoms with Crippen LogP contribution >= 0.6 is 0 Å². The monoisotopic (exact) mass is 187 g/mol. The molecule has 1 saturated carbocycles. The Balaban J connectivity index is 1.92. The molecule has 2 aliphatic carbocycles. The van der Waals surface area contributed by atoms with Gasteiger partial charge >= 0.3 is 0 Å². The predicted molar refractivity (Wildman–Crippen MR) is 59.7 cm³/mol. The third-order valence-corrected chi connectivity index (χ3v) is 3.33. The topological polar surface area (TPSA) is 12.0 Å². The van der Waals surface area contributed by atoms with Crippen LogP contribution in [0.3, 0.4) is 0 Å². The van der Waals surface area contributed by atoms with Crippen LogP contribution in [0, 0.1) is 0 Å². The molecule has 0 radical (unpaired) electrons. The Kier molecular flexibility index (Phi) is 1.97. The predicted octanol–water partition coefficient (Wildman–Crippen LogP) is 3.14. The van der Waals surface area contributed by atoms with Gasteiger partial charge < -0.3 is 5.32 Å². The summed E-state index contributed by atoms with van der Waals surface area (Å²) in [6, 6.07) is 7.53. The highest BCUT2D eigenvalue weighted by molar-refractivity contribution is 5.56. The van der Waals surface area contributed by atoms with Crippen LogP contribution < -0.4 is 5.32 Å². The minimum atomic E-state index is 0.781. The van der Waals surface area contributed by atoms with Gasteiger partial charge in [-0.05, 0) is 55.7 Å². The molecule has 1 N–H and O–H groups in total. The molecule has 1 fully saturated rings. The molecule has 1 heteroatoms. The zero-order valence-corrected chi connectivity index (χ0v) is 8.55. The van der Waals surface area contributed by atoms with Crippen molar-refractivity contribution in [3.63, 3.8) is 0 Å². The molecule has 0 aromatic heterocycles. The van der Waals surface area contributed by atoms with Gasteiger partial charge in [-0.3, -0.25) is 0 Å². The van der Waals surface area contributed by atoms with Gasteiger partial charge in [-0.25, -0.2) is 0 Å². The molecule has 14 heavy (non-hydrogen) atoms. The van der Waals surface area contributed by atoms with Gasteiger partial charge in [0.1, 0.15) is 0 Å². The molecular weight excluding hydrogens is 170 g/mol. The molecule has 0 unspecified atom stereocenters. The van der Waals surface area contributed by atoms with Gasteiger partial charge in [-0.2, -0.15) is 0 Å². The molecule has 3 rings (SSSR count). The maximum absolute atomic E-state index is 3.64. The molecule has 0 aliphatic heterocycles. The molecule has 2 aliphatic rings. The van der Waals surface area contributed by atoms with Crippen molar-refractivity contribution < 1.29 is 0 Å². The average molecular weight is 187 g/mol. The average Bonchev–Trinajstić information content (AvgIpc) is 3.03. The normalized spacial score (nSPS) is 20.3. The second-order valence-corrected chi connectivity index (χ2v) is 4.57. The van der Waals surface area contributed by atoms with Gasteiger partial charge in [-0.15, -0.1) is 0 Å². The van der Waals surface area contributed by atoms with Crippen LogP contribution in [0.1, 0.15) is 36.8 Å². The standard InChI is InChI=1S/C13H17N/c1-2-6-12-10(4-1)5-3-7-13(12)14-11-8-9-11/h3,5,7,11,14H,1-2,4,6,8-9H2. The Hall–Kier alpha value is -0.980. The van der Waals surface area contributed by atoms with Crippen LogP contribution in [0.25, 0.3) is 0 Å². The lowest BCUT2D eigenvalue weighted by Gasteiger charge is -2.19. The van der Waals surface area contributed by atoms with Crippen molar-refractivity contribution in [2.75, 3.05) is 5.32 Å². The van der Waals surface area contributed by atoms with Crippen LogP contribution in [0.4, 0.5) is 5.69 Å². The summed E-state index contributed by atoms with van der Waals surface area (Å²) >= 11 is 0. The quantitative estimate of drug-likeness (QED) is 0.750. The zero-order chi connectivity index (χ0) is 9.38. The Morgan fingerprint density at radius 3 is 2.79 bits per heavy atom. The van der Waals surface area contributed by atoms with Crippen LogP contribution in [0.2, 0.25) is 0 Å². The summed E-state index contributed by atoms with van der Waals surface area (Å²) in [7, 11) is 0. The van der Waals surface area contributed by atoms with E-state index in [-0.39, 0.29) is 0 Å². The molecule has 0 atom stereocenters. The van der Waals surface area contributed by atoms with Gasteiger partial charge in [0.25, 0.3) is 0 Å². The maximum atomic E-state index is 3.64. The van der Waals surface area contributed by atoms with E-state index in [9.17, 15) is 0 Å². The number of nitrogens with one attached hydrogen (secondary N) is 1. The number of anilines is 1. The smallest absolute Gasteiger partial charge is 0.0377 e. The molecule has 1 aromatic rings. The maximum Gasteiger partial charge on any atom is 0.0377 e. The lowest BCUT2D eigenvalue weighted by Crippen LogP contribution is -2.09. The number of hydrogen-bond donors (Lipinski definition) is 1. The zero-order valence-electron chi connectivity index (χ0n) is 8.55. The van der Waals surface area contributed by atoms with Crippen molar-refractivity contribution >= 4 is 5.69 Å². The summed E-state index contributed by atoms with van der Waals surface area (Å²) in [6.07, 6.45) is 8.05. The summed E-state index contributed by atoms with van der Waals surface area (Å²) in [4.78, 5) is 0. The SMILES string of the molecule is c1cc2c(c(NC3CC3)c1)CCCC2. The molecule has 0 amide bonds. The van der Waals surface area contributed by atoms with Crippen molar-refractivity contribution in [3.05, 3.63) is 29.3 Å². The summed E-state index contributed by atoms with van der Waals surface area (Å²) in [6.45, 7) is 0. The Morgan fingerprint density at radius 1 is 1.07 bits per heavy atom. The number of rotatable bonds is 2. The number of fused-ring (bicyclic) bond motifs is 1. The van der Waals surface area contributed by atoms with Crippen molar-refractivity contribution in [1.82, 2.24) is 0 Å². The third-order valence-electron chi connectivity index (χ3n) is 3.33. The van der Waals surface area contributed by atoms with Gasteiger partial charge in [0, 0.05) is 11.7 Å². The molecule has 1 aromatic carbocycles. The van der Waals surface area contributed by atoms with Crippen molar-refractivity contribution in [2.45, 2.75) is 44.6 Å². The summed E-state index contributed by atoms with van der Waals surface area (Å²) in [5.41, 5.74) is 4.61. The summed E-state index contributed by atoms with van der Waals surface area (Å²) in [5, 5.41) is 3.64. The van der Waals surface area contributed by atoms with E-state index >= 15 is 0 Å². The van der Waals surface area contributed by atoms with Crippen LogP contribution in [0.15, 0.2) is 18.2 Å². The van der Waals surface area contributed by atoms with Crippen LogP contribution in [-0.4, -0.2) is 6.04 Å². The van der Waals surface area contributed by atoms with E-state index in [4.69, 9.17) is 0 Å². The highest BCUT2D eigenvalue weighted by atomic mass is 15.0. The van der Waals surface area contributed by atoms with E-state index in [2.05, 4.69) is 23.5 Å². The first-order chi connectivity index (χ1) is 6.93. The molecule has 0 saturated heterocycles. The van der Waals surface area contributed by atoms with Crippen molar-refractivity contribution in [1.29, 1.82) is 0 Å². The van der Waals surface area contributed by atoms with E-state index < -0.39 is 0 Å². The van der Waals surface area contributed by atoms with E-state index in [0.29, 0.717) is 0 Å². The first-order valence-corrected chi connectivity index (χ1v) is 5.81. The summed E-state index contributed by atoms with van der Waals surface area (Å²) < 4.78 is 0. The Labute approximate surface area is 85.5 Å². The first kappa shape index (κ1) is 8.34. The fourth-order valence-electron chi connectivity index (χ4n) is 2.36. The number of aryl methyl sites for hydroxylation is 1. The largest absolute Gasteiger partial charge is 0.382 e. The van der Waals surface area contributed by atoms with Crippen molar-refractivity contribution in [3.8, 4) is 0 Å². The van der Waals surface area contributed by atoms with Crippen molar-refractivity contribution in [2.24, 2.45) is 0 Å². The highest BCUT2D eigenvalue weighted by Gasteiger charge is 2.22. The molecule has 0 bridgehead atoms. The van der Waals surface area contributed by atoms with E-state index in [1.54, 1.807) is 11.1 Å². The van der Waals surface area contributed by atoms with Crippen LogP contribution in [-0.2, 0) is 12.8 Å². The number of benzene rings is 1. The second kappa shape index (κ2) is 3.30. The highest BCUT2D eigenvalue weighted by Crippen LogP contribution is 2.31. The molecule has 1 nitrogen and oxygen atoms in total. The van der Waals surface area contributed by atoms with E-state index in [1.807, 2.05) is 0 Å². The van der Waals surface area contributed by atoms with E-state index in [0.717, 1.165) is 6.04 Å². The molecule has 74 valence electrons. The lowest BCUT2D eigenvalue weighted by atomic mass is 9.90. The van der Waals surface area contributed by atoms with Gasteiger partial charge in [0.2, 0.25) is 0 Å². The fraction of sp³-hybridized carbons (Fsp3) is 0.538. The van der Waals surface area contributed by atoms with E-state index in [1.165, 1.54) is 44.2 Å². The Bertz CT molecular complexity index is 339. The minimum Gasteiger partial charge on any atom is -0.382 e. The number of hydrogen-bond acceptors (Lipinski definition) is 1. The summed E-state index contributed by atoms with van der Waals surface area (Å²) in [5.74, 6) is 0. The second-order valence-electron chi connectivity index (χ2n) is 4.57. The lowest BCUT2D eigenvalue weighted by molar-refractivity contribution is 0.686. The molecule has 0 spiro atoms. The first-order valence-electron chi connectivity index (χ1n) is 5.81. The van der Waals surface area contributed by atoms with Crippen LogP contribution in [0.5, 0.6) is 0 Å². The third kappa shape index (κ3) is 1.52. The van der Waals surface area contributed by atoms with Gasteiger partial charge in [0.15, 0.2) is 0 Å². The minimum absolute atomic E-state index is 0.781. The molecule has 0 heterocycles. The van der Waals surface area contributed by atoms with Gasteiger partial charge in [0.05, 0.1) is 0 Å².